The molecule has 0 saturated carbocycles. The van der Waals surface area contributed by atoms with E-state index < -0.39 is 5.60 Å². The fourth-order valence-electron chi connectivity index (χ4n) is 3.98. The first-order chi connectivity index (χ1) is 13.0. The summed E-state index contributed by atoms with van der Waals surface area (Å²) in [5.74, 6) is -0.108. The van der Waals surface area contributed by atoms with Crippen LogP contribution in [-0.2, 0) is 16.1 Å². The Morgan fingerprint density at radius 1 is 1.22 bits per heavy atom. The number of rotatable bonds is 2. The second kappa shape index (κ2) is 6.68. The molecular weight excluding hydrogens is 348 g/mol. The van der Waals surface area contributed by atoms with Gasteiger partial charge in [-0.05, 0) is 25.0 Å². The number of carbonyl (C=O) groups excluding carboxylic acids is 2. The van der Waals surface area contributed by atoms with Gasteiger partial charge in [0, 0.05) is 26.6 Å². The largest absolute Gasteiger partial charge is 0.441 e. The monoisotopic (exact) mass is 370 g/mol. The third-order valence-corrected chi connectivity index (χ3v) is 5.44. The molecule has 2 aliphatic rings. The number of nitrogens with zero attached hydrogens (tertiary/aromatic N) is 4. The Morgan fingerprint density at radius 2 is 2.04 bits per heavy atom. The summed E-state index contributed by atoms with van der Waals surface area (Å²) in [4.78, 5) is 44.4. The van der Waals surface area contributed by atoms with E-state index in [1.807, 2.05) is 18.2 Å². The maximum absolute atomic E-state index is 12.9. The van der Waals surface area contributed by atoms with Gasteiger partial charge < -0.3 is 14.5 Å². The minimum Gasteiger partial charge on any atom is -0.441 e. The number of para-hydroxylation sites is 2. The molecular formula is C19H22N4O4. The smallest absolute Gasteiger partial charge is 0.410 e. The fraction of sp³-hybridized carbons (Fsp3) is 0.474. The van der Waals surface area contributed by atoms with Crippen LogP contribution in [0.3, 0.4) is 0 Å². The van der Waals surface area contributed by atoms with Gasteiger partial charge in [-0.2, -0.15) is 0 Å². The number of likely N-dealkylation sites (N-methyl/N-ethyl adjacent to an activating group) is 1. The summed E-state index contributed by atoms with van der Waals surface area (Å²) >= 11 is 0. The zero-order valence-electron chi connectivity index (χ0n) is 15.3. The normalized spacial score (nSPS) is 22.9. The molecule has 1 atom stereocenters. The number of aromatic nitrogens is 2. The van der Waals surface area contributed by atoms with Crippen LogP contribution in [0.2, 0.25) is 0 Å². The van der Waals surface area contributed by atoms with Gasteiger partial charge in [0.05, 0.1) is 23.8 Å². The van der Waals surface area contributed by atoms with Crippen LogP contribution in [0.5, 0.6) is 0 Å². The number of amides is 2. The Labute approximate surface area is 156 Å². The lowest BCUT2D eigenvalue weighted by atomic mass is 9.95. The van der Waals surface area contributed by atoms with Crippen molar-refractivity contribution in [3.63, 3.8) is 0 Å². The van der Waals surface area contributed by atoms with Crippen LogP contribution in [0.4, 0.5) is 4.79 Å². The minimum atomic E-state index is -0.499. The summed E-state index contributed by atoms with van der Waals surface area (Å²) < 4.78 is 7.06. The van der Waals surface area contributed by atoms with Crippen molar-refractivity contribution in [3.05, 3.63) is 40.8 Å². The number of fused-ring (bicyclic) bond motifs is 1. The Hall–Kier alpha value is -2.90. The summed E-state index contributed by atoms with van der Waals surface area (Å²) in [5.41, 5.74) is 0.539. The van der Waals surface area contributed by atoms with Crippen LogP contribution in [0.1, 0.15) is 19.3 Å². The highest BCUT2D eigenvalue weighted by molar-refractivity contribution is 5.80. The molecule has 2 saturated heterocycles. The predicted molar refractivity (Wildman–Crippen MR) is 98.3 cm³/mol. The molecule has 27 heavy (non-hydrogen) atoms. The third kappa shape index (κ3) is 3.27. The van der Waals surface area contributed by atoms with Gasteiger partial charge in [-0.15, -0.1) is 0 Å². The first-order valence-corrected chi connectivity index (χ1v) is 9.14. The van der Waals surface area contributed by atoms with E-state index >= 15 is 0 Å². The third-order valence-electron chi connectivity index (χ3n) is 5.44. The lowest BCUT2D eigenvalue weighted by Crippen LogP contribution is -2.39. The lowest BCUT2D eigenvalue weighted by Gasteiger charge is -2.25. The van der Waals surface area contributed by atoms with Crippen LogP contribution < -0.4 is 5.56 Å². The molecule has 2 fully saturated rings. The van der Waals surface area contributed by atoms with E-state index in [0.29, 0.717) is 37.1 Å². The summed E-state index contributed by atoms with van der Waals surface area (Å²) in [6.07, 6.45) is 3.07. The number of benzene rings is 1. The highest BCUT2D eigenvalue weighted by atomic mass is 16.6. The maximum Gasteiger partial charge on any atom is 0.410 e. The molecule has 1 spiro atoms. The van der Waals surface area contributed by atoms with Gasteiger partial charge in [-0.25, -0.2) is 9.78 Å². The molecule has 1 aromatic carbocycles. The van der Waals surface area contributed by atoms with E-state index in [4.69, 9.17) is 4.74 Å². The molecule has 8 nitrogen and oxygen atoms in total. The fourth-order valence-corrected chi connectivity index (χ4v) is 3.98. The first kappa shape index (κ1) is 17.5. The van der Waals surface area contributed by atoms with Crippen molar-refractivity contribution in [1.29, 1.82) is 0 Å². The number of hydrogen-bond acceptors (Lipinski definition) is 5. The van der Waals surface area contributed by atoms with Crippen LogP contribution in [-0.4, -0.2) is 63.6 Å². The van der Waals surface area contributed by atoms with Gasteiger partial charge in [-0.1, -0.05) is 12.1 Å². The van der Waals surface area contributed by atoms with Crippen LogP contribution in [0.25, 0.3) is 11.0 Å². The van der Waals surface area contributed by atoms with Gasteiger partial charge in [0.2, 0.25) is 5.91 Å². The molecule has 0 bridgehead atoms. The predicted octanol–water partition coefficient (Wildman–Crippen LogP) is 1.23. The van der Waals surface area contributed by atoms with Gasteiger partial charge >= 0.3 is 6.09 Å². The molecule has 0 N–H and O–H groups in total. The quantitative estimate of drug-likeness (QED) is 0.794. The van der Waals surface area contributed by atoms with Gasteiger partial charge in [0.1, 0.15) is 12.1 Å². The zero-order valence-corrected chi connectivity index (χ0v) is 15.3. The zero-order chi connectivity index (χ0) is 19.0. The van der Waals surface area contributed by atoms with E-state index in [-0.39, 0.29) is 24.1 Å². The topological polar surface area (TPSA) is 84.7 Å². The summed E-state index contributed by atoms with van der Waals surface area (Å²) in [5, 5.41) is 0. The average molecular weight is 370 g/mol. The number of carbonyl (C=O) groups is 2. The summed E-state index contributed by atoms with van der Waals surface area (Å²) in [6, 6.07) is 7.28. The molecule has 2 aromatic rings. The maximum atomic E-state index is 12.9. The molecule has 142 valence electrons. The van der Waals surface area contributed by atoms with Crippen molar-refractivity contribution in [3.8, 4) is 0 Å². The van der Waals surface area contributed by atoms with Gasteiger partial charge in [0.15, 0.2) is 0 Å². The van der Waals surface area contributed by atoms with Crippen LogP contribution >= 0.6 is 0 Å². The Kier molecular flexibility index (Phi) is 4.33. The minimum absolute atomic E-state index is 0.0193. The van der Waals surface area contributed by atoms with Crippen molar-refractivity contribution in [1.82, 2.24) is 19.4 Å². The van der Waals surface area contributed by atoms with Crippen molar-refractivity contribution >= 4 is 23.0 Å². The molecule has 0 aliphatic carbocycles. The highest BCUT2D eigenvalue weighted by Crippen LogP contribution is 2.32. The molecule has 8 heteroatoms. The van der Waals surface area contributed by atoms with Gasteiger partial charge in [0.25, 0.3) is 5.56 Å². The van der Waals surface area contributed by atoms with Crippen LogP contribution in [0, 0.1) is 0 Å². The molecule has 3 heterocycles. The molecule has 1 unspecified atom stereocenters. The molecule has 4 rings (SSSR count). The molecule has 2 aliphatic heterocycles. The standard InChI is InChI=1S/C19H22N4O4/c1-21-13-19(27-18(21)26)7-4-9-22(10-8-19)17(25)12-23-15-6-3-2-5-14(15)20-11-16(23)24/h2-3,5-6,11H,4,7-10,12-13H2,1H3. The Balaban J connectivity index is 1.51. The molecule has 2 amide bonds. The van der Waals surface area contributed by atoms with Crippen molar-refractivity contribution in [2.75, 3.05) is 26.7 Å². The number of hydrogen-bond donors (Lipinski definition) is 0. The van der Waals surface area contributed by atoms with Crippen molar-refractivity contribution < 1.29 is 14.3 Å². The van der Waals surface area contributed by atoms with E-state index in [1.165, 1.54) is 10.8 Å². The molecule has 0 radical (unpaired) electrons. The second-order valence-electron chi connectivity index (χ2n) is 7.31. The van der Waals surface area contributed by atoms with E-state index in [1.54, 1.807) is 22.9 Å². The van der Waals surface area contributed by atoms with E-state index in [0.717, 1.165) is 12.8 Å². The Morgan fingerprint density at radius 3 is 2.81 bits per heavy atom. The summed E-state index contributed by atoms with van der Waals surface area (Å²) in [7, 11) is 1.73. The van der Waals surface area contributed by atoms with E-state index in [2.05, 4.69) is 4.98 Å². The molecule has 1 aromatic heterocycles. The summed E-state index contributed by atoms with van der Waals surface area (Å²) in [6.45, 7) is 1.65. The number of likely N-dealkylation sites (tertiary alicyclic amines) is 1. The second-order valence-corrected chi connectivity index (χ2v) is 7.31. The average Bonchev–Trinajstić information content (AvgIpc) is 2.81. The van der Waals surface area contributed by atoms with Crippen molar-refractivity contribution in [2.45, 2.75) is 31.4 Å². The van der Waals surface area contributed by atoms with Gasteiger partial charge in [-0.3, -0.25) is 14.2 Å². The van der Waals surface area contributed by atoms with Crippen LogP contribution in [0.15, 0.2) is 35.3 Å². The highest BCUT2D eigenvalue weighted by Gasteiger charge is 2.44. The van der Waals surface area contributed by atoms with Crippen molar-refractivity contribution in [2.24, 2.45) is 0 Å². The van der Waals surface area contributed by atoms with E-state index in [9.17, 15) is 14.4 Å². The first-order valence-electron chi connectivity index (χ1n) is 9.14. The Bertz CT molecular complexity index is 956. The lowest BCUT2D eigenvalue weighted by molar-refractivity contribution is -0.131. The SMILES string of the molecule is CN1CC2(CCCN(C(=O)Cn3c(=O)cnc4ccccc43)CC2)OC1=O. The number of ether oxygens (including phenoxy) is 1.